The Bertz CT molecular complexity index is 656. The standard InChI is InChI=1S/C18H21NO3/c1-4-22-18(21)16-10-15(12-20)19(17(16)13(2)3)11-14-8-6-5-7-9-14/h5-10,12-13H,4,11H2,1-3H3. The number of benzene rings is 1. The molecule has 0 aliphatic rings. The van der Waals surface area contributed by atoms with Crippen LogP contribution in [-0.4, -0.2) is 23.4 Å². The van der Waals surface area contributed by atoms with Gasteiger partial charge < -0.3 is 9.30 Å². The first-order chi connectivity index (χ1) is 10.6. The molecule has 116 valence electrons. The van der Waals surface area contributed by atoms with Crippen LogP contribution in [0.25, 0.3) is 0 Å². The van der Waals surface area contributed by atoms with E-state index in [0.717, 1.165) is 17.5 Å². The quantitative estimate of drug-likeness (QED) is 0.604. The molecule has 0 saturated carbocycles. The van der Waals surface area contributed by atoms with Gasteiger partial charge in [-0.25, -0.2) is 4.79 Å². The Labute approximate surface area is 130 Å². The van der Waals surface area contributed by atoms with E-state index in [1.807, 2.05) is 48.7 Å². The van der Waals surface area contributed by atoms with Gasteiger partial charge in [0.25, 0.3) is 0 Å². The number of esters is 1. The average molecular weight is 299 g/mol. The molecule has 0 aliphatic carbocycles. The fourth-order valence-corrected chi connectivity index (χ4v) is 2.62. The van der Waals surface area contributed by atoms with Crippen LogP contribution in [0.4, 0.5) is 0 Å². The fraction of sp³-hybridized carbons (Fsp3) is 0.333. The van der Waals surface area contributed by atoms with Gasteiger partial charge in [0.2, 0.25) is 0 Å². The Morgan fingerprint density at radius 1 is 1.27 bits per heavy atom. The van der Waals surface area contributed by atoms with Crippen molar-refractivity contribution in [2.24, 2.45) is 0 Å². The van der Waals surface area contributed by atoms with E-state index >= 15 is 0 Å². The molecule has 0 aliphatic heterocycles. The average Bonchev–Trinajstić information content (AvgIpc) is 2.87. The van der Waals surface area contributed by atoms with Crippen molar-refractivity contribution in [3.8, 4) is 0 Å². The summed E-state index contributed by atoms with van der Waals surface area (Å²) in [6.07, 6.45) is 0.789. The zero-order valence-corrected chi connectivity index (χ0v) is 13.2. The molecule has 2 rings (SSSR count). The minimum Gasteiger partial charge on any atom is -0.462 e. The Morgan fingerprint density at radius 3 is 2.50 bits per heavy atom. The molecule has 1 aromatic carbocycles. The lowest BCUT2D eigenvalue weighted by atomic mass is 10.1. The maximum atomic E-state index is 12.2. The van der Waals surface area contributed by atoms with Gasteiger partial charge in [0, 0.05) is 12.2 Å². The van der Waals surface area contributed by atoms with Gasteiger partial charge in [0.15, 0.2) is 6.29 Å². The van der Waals surface area contributed by atoms with Gasteiger partial charge in [0.05, 0.1) is 17.9 Å². The molecule has 0 bridgehead atoms. The molecule has 0 unspecified atom stereocenters. The number of aromatic nitrogens is 1. The van der Waals surface area contributed by atoms with E-state index in [9.17, 15) is 9.59 Å². The number of aldehydes is 1. The third kappa shape index (κ3) is 3.27. The molecule has 0 amide bonds. The maximum Gasteiger partial charge on any atom is 0.339 e. The molecule has 0 spiro atoms. The van der Waals surface area contributed by atoms with Gasteiger partial charge in [-0.05, 0) is 24.5 Å². The van der Waals surface area contributed by atoms with Gasteiger partial charge >= 0.3 is 5.97 Å². The largest absolute Gasteiger partial charge is 0.462 e. The zero-order valence-electron chi connectivity index (χ0n) is 13.2. The van der Waals surface area contributed by atoms with Crippen molar-refractivity contribution in [3.05, 3.63) is 58.9 Å². The lowest BCUT2D eigenvalue weighted by molar-refractivity contribution is 0.0524. The predicted octanol–water partition coefficient (Wildman–Crippen LogP) is 3.65. The van der Waals surface area contributed by atoms with Crippen molar-refractivity contribution in [3.63, 3.8) is 0 Å². The highest BCUT2D eigenvalue weighted by atomic mass is 16.5. The van der Waals surface area contributed by atoms with Crippen LogP contribution in [0.5, 0.6) is 0 Å². The minimum atomic E-state index is -0.374. The van der Waals surface area contributed by atoms with Gasteiger partial charge in [-0.3, -0.25) is 4.79 Å². The van der Waals surface area contributed by atoms with Crippen molar-refractivity contribution >= 4 is 12.3 Å². The topological polar surface area (TPSA) is 48.3 Å². The van der Waals surface area contributed by atoms with Crippen molar-refractivity contribution in [1.82, 2.24) is 4.57 Å². The number of nitrogens with zero attached hydrogens (tertiary/aromatic N) is 1. The Hall–Kier alpha value is -2.36. The molecule has 1 aromatic heterocycles. The third-order valence-corrected chi connectivity index (χ3v) is 3.52. The predicted molar refractivity (Wildman–Crippen MR) is 85.4 cm³/mol. The number of hydrogen-bond donors (Lipinski definition) is 0. The first-order valence-electron chi connectivity index (χ1n) is 7.48. The summed E-state index contributed by atoms with van der Waals surface area (Å²) in [4.78, 5) is 23.6. The summed E-state index contributed by atoms with van der Waals surface area (Å²) in [5.41, 5.74) is 2.90. The van der Waals surface area contributed by atoms with Crippen LogP contribution in [0.1, 0.15) is 58.8 Å². The number of rotatable bonds is 6. The van der Waals surface area contributed by atoms with Crippen LogP contribution < -0.4 is 0 Å². The van der Waals surface area contributed by atoms with E-state index in [-0.39, 0.29) is 11.9 Å². The summed E-state index contributed by atoms with van der Waals surface area (Å²) in [6, 6.07) is 11.5. The van der Waals surface area contributed by atoms with Crippen LogP contribution >= 0.6 is 0 Å². The number of ether oxygens (including phenoxy) is 1. The summed E-state index contributed by atoms with van der Waals surface area (Å²) >= 11 is 0. The Balaban J connectivity index is 2.51. The molecular weight excluding hydrogens is 278 g/mol. The molecule has 0 fully saturated rings. The van der Waals surface area contributed by atoms with Crippen LogP contribution in [0, 0.1) is 0 Å². The van der Waals surface area contributed by atoms with Crippen molar-refractivity contribution in [2.45, 2.75) is 33.2 Å². The van der Waals surface area contributed by atoms with Gasteiger partial charge in [-0.15, -0.1) is 0 Å². The normalized spacial score (nSPS) is 10.7. The zero-order chi connectivity index (χ0) is 16.1. The van der Waals surface area contributed by atoms with Crippen LogP contribution in [0.2, 0.25) is 0 Å². The van der Waals surface area contributed by atoms with E-state index < -0.39 is 0 Å². The first-order valence-corrected chi connectivity index (χ1v) is 7.48. The number of carbonyl (C=O) groups is 2. The molecular formula is C18H21NO3. The second kappa shape index (κ2) is 7.07. The molecule has 0 saturated heterocycles. The summed E-state index contributed by atoms with van der Waals surface area (Å²) in [5.74, 6) is -0.266. The molecule has 0 N–H and O–H groups in total. The second-order valence-corrected chi connectivity index (χ2v) is 5.43. The summed E-state index contributed by atoms with van der Waals surface area (Å²) in [5, 5.41) is 0. The summed E-state index contributed by atoms with van der Waals surface area (Å²) in [6.45, 7) is 6.66. The second-order valence-electron chi connectivity index (χ2n) is 5.43. The van der Waals surface area contributed by atoms with E-state index in [0.29, 0.717) is 24.4 Å². The number of hydrogen-bond acceptors (Lipinski definition) is 3. The SMILES string of the molecule is CCOC(=O)c1cc(C=O)n(Cc2ccccc2)c1C(C)C. The smallest absolute Gasteiger partial charge is 0.339 e. The van der Waals surface area contributed by atoms with E-state index in [1.54, 1.807) is 13.0 Å². The van der Waals surface area contributed by atoms with E-state index in [2.05, 4.69) is 0 Å². The van der Waals surface area contributed by atoms with Crippen LogP contribution in [-0.2, 0) is 11.3 Å². The summed E-state index contributed by atoms with van der Waals surface area (Å²) in [7, 11) is 0. The highest BCUT2D eigenvalue weighted by molar-refractivity contribution is 5.93. The first kappa shape index (κ1) is 16.0. The van der Waals surface area contributed by atoms with Crippen molar-refractivity contribution < 1.29 is 14.3 Å². The fourth-order valence-electron chi connectivity index (χ4n) is 2.62. The van der Waals surface area contributed by atoms with E-state index in [4.69, 9.17) is 4.74 Å². The molecule has 0 radical (unpaired) electrons. The summed E-state index contributed by atoms with van der Waals surface area (Å²) < 4.78 is 7.02. The molecule has 0 atom stereocenters. The highest BCUT2D eigenvalue weighted by Crippen LogP contribution is 2.25. The molecule has 4 nitrogen and oxygen atoms in total. The van der Waals surface area contributed by atoms with Gasteiger partial charge in [-0.2, -0.15) is 0 Å². The van der Waals surface area contributed by atoms with Crippen LogP contribution in [0.15, 0.2) is 36.4 Å². The van der Waals surface area contributed by atoms with Gasteiger partial charge in [0.1, 0.15) is 0 Å². The molecule has 22 heavy (non-hydrogen) atoms. The number of carbonyl (C=O) groups excluding carboxylic acids is 2. The maximum absolute atomic E-state index is 12.2. The molecule has 2 aromatic rings. The third-order valence-electron chi connectivity index (χ3n) is 3.52. The van der Waals surface area contributed by atoms with E-state index in [1.165, 1.54) is 0 Å². The van der Waals surface area contributed by atoms with Crippen molar-refractivity contribution in [2.75, 3.05) is 6.61 Å². The Morgan fingerprint density at radius 2 is 1.95 bits per heavy atom. The van der Waals surface area contributed by atoms with Gasteiger partial charge in [-0.1, -0.05) is 44.2 Å². The minimum absolute atomic E-state index is 0.108. The molecule has 4 heteroatoms. The monoisotopic (exact) mass is 299 g/mol. The lowest BCUT2D eigenvalue weighted by Crippen LogP contribution is -2.13. The van der Waals surface area contributed by atoms with Crippen molar-refractivity contribution in [1.29, 1.82) is 0 Å². The molecule has 1 heterocycles. The Kier molecular flexibility index (Phi) is 5.15. The highest BCUT2D eigenvalue weighted by Gasteiger charge is 2.23. The van der Waals surface area contributed by atoms with Crippen LogP contribution in [0.3, 0.4) is 0 Å². The lowest BCUT2D eigenvalue weighted by Gasteiger charge is -2.15.